The third-order valence-corrected chi connectivity index (χ3v) is 6.90. The number of amides is 2. The van der Waals surface area contributed by atoms with E-state index in [0.29, 0.717) is 12.0 Å². The van der Waals surface area contributed by atoms with Gasteiger partial charge in [-0.2, -0.15) is 0 Å². The molecule has 1 saturated heterocycles. The molecule has 1 aliphatic rings. The first-order valence-corrected chi connectivity index (χ1v) is 12.5. The van der Waals surface area contributed by atoms with Gasteiger partial charge in [-0.05, 0) is 42.3 Å². The fraction of sp³-hybridized carbons (Fsp3) is 0.222. The van der Waals surface area contributed by atoms with Gasteiger partial charge in [-0.1, -0.05) is 60.3 Å². The number of aldehydes is 1. The van der Waals surface area contributed by atoms with E-state index in [9.17, 15) is 14.4 Å². The Morgan fingerprint density at radius 3 is 2.54 bits per heavy atom. The molecule has 2 heterocycles. The zero-order chi connectivity index (χ0) is 26.3. The number of pyridine rings is 1. The van der Waals surface area contributed by atoms with Gasteiger partial charge in [0.2, 0.25) is 5.91 Å². The van der Waals surface area contributed by atoms with Crippen LogP contribution in [-0.2, 0) is 27.5 Å². The number of alkyl carbamates (subject to hydrolysis) is 1. The molecule has 37 heavy (non-hydrogen) atoms. The molecule has 0 spiro atoms. The van der Waals surface area contributed by atoms with Crippen LogP contribution >= 0.6 is 11.8 Å². The van der Waals surface area contributed by atoms with Gasteiger partial charge in [0, 0.05) is 18.4 Å². The molecular weight excluding hydrogens is 490 g/mol. The zero-order valence-electron chi connectivity index (χ0n) is 20.2. The van der Waals surface area contributed by atoms with Crippen LogP contribution in [0.4, 0.5) is 10.5 Å². The molecule has 10 heteroatoms. The first-order chi connectivity index (χ1) is 17.9. The number of carbonyl (C=O) groups excluding carboxylic acids is 3. The van der Waals surface area contributed by atoms with Gasteiger partial charge in [0.25, 0.3) is 0 Å². The van der Waals surface area contributed by atoms with Crippen molar-refractivity contribution in [2.45, 2.75) is 30.9 Å². The Hall–Kier alpha value is -4.18. The Balaban J connectivity index is 1.31. The summed E-state index contributed by atoms with van der Waals surface area (Å²) in [5.41, 5.74) is 1.86. The van der Waals surface area contributed by atoms with E-state index in [4.69, 9.17) is 10.1 Å². The van der Waals surface area contributed by atoms with Crippen molar-refractivity contribution < 1.29 is 19.1 Å². The lowest BCUT2D eigenvalue weighted by Gasteiger charge is -2.25. The van der Waals surface area contributed by atoms with Gasteiger partial charge in [0.05, 0.1) is 12.2 Å². The molecule has 4 rings (SSSR count). The summed E-state index contributed by atoms with van der Waals surface area (Å²) >= 11 is 1.19. The van der Waals surface area contributed by atoms with Crippen LogP contribution in [0.1, 0.15) is 29.0 Å². The summed E-state index contributed by atoms with van der Waals surface area (Å²) in [5, 5.41) is 13.7. The molecule has 2 atom stereocenters. The van der Waals surface area contributed by atoms with Gasteiger partial charge in [-0.25, -0.2) is 4.79 Å². The van der Waals surface area contributed by atoms with Crippen molar-refractivity contribution in [3.63, 3.8) is 0 Å². The average Bonchev–Trinajstić information content (AvgIpc) is 3.20. The van der Waals surface area contributed by atoms with Crippen molar-refractivity contribution in [2.75, 3.05) is 11.9 Å². The van der Waals surface area contributed by atoms with Crippen molar-refractivity contribution in [1.82, 2.24) is 15.2 Å². The topological polar surface area (TPSA) is 124 Å². The van der Waals surface area contributed by atoms with Gasteiger partial charge in [0.15, 0.2) is 5.17 Å². The summed E-state index contributed by atoms with van der Waals surface area (Å²) in [5.74, 6) is -0.159. The number of carbonyl (C=O) groups is 3. The smallest absolute Gasteiger partial charge is 0.408 e. The normalized spacial score (nSPS) is 16.7. The Kier molecular flexibility index (Phi) is 8.19. The van der Waals surface area contributed by atoms with E-state index >= 15 is 0 Å². The second-order valence-electron chi connectivity index (χ2n) is 8.75. The summed E-state index contributed by atoms with van der Waals surface area (Å²) in [6, 6.07) is 22.0. The van der Waals surface area contributed by atoms with Crippen molar-refractivity contribution in [3.05, 3.63) is 95.8 Å². The lowest BCUT2D eigenvalue weighted by Crippen LogP contribution is -2.52. The van der Waals surface area contributed by atoms with Crippen LogP contribution < -0.4 is 10.6 Å². The number of thioether (sulfide) groups is 1. The van der Waals surface area contributed by atoms with E-state index in [1.54, 1.807) is 31.3 Å². The minimum absolute atomic E-state index is 0.102. The highest BCUT2D eigenvalue weighted by Gasteiger charge is 2.38. The number of hydrogen-bond donors (Lipinski definition) is 3. The summed E-state index contributed by atoms with van der Waals surface area (Å²) in [4.78, 5) is 42.6. The van der Waals surface area contributed by atoms with Crippen LogP contribution in [0.25, 0.3) is 0 Å². The number of ether oxygens (including phenoxy) is 1. The van der Waals surface area contributed by atoms with E-state index in [0.717, 1.165) is 16.8 Å². The Morgan fingerprint density at radius 2 is 1.86 bits per heavy atom. The third-order valence-electron chi connectivity index (χ3n) is 5.74. The predicted molar refractivity (Wildman–Crippen MR) is 142 cm³/mol. The minimum atomic E-state index is -1.19. The second kappa shape index (κ2) is 11.7. The molecule has 0 saturated carbocycles. The molecule has 2 amide bonds. The SMILES string of the molecule is C[C@](C=O)(CNc1ccc(C2SC(=N)N(Cc3ccccn3)C2=O)cc1)NC(=O)OCc1ccccc1. The zero-order valence-corrected chi connectivity index (χ0v) is 21.0. The van der Waals surface area contributed by atoms with Crippen LogP contribution in [-0.4, -0.2) is 45.4 Å². The van der Waals surface area contributed by atoms with Crippen LogP contribution in [0.3, 0.4) is 0 Å². The predicted octanol–water partition coefficient (Wildman–Crippen LogP) is 4.13. The molecule has 190 valence electrons. The highest BCUT2D eigenvalue weighted by molar-refractivity contribution is 8.15. The maximum atomic E-state index is 13.0. The number of amidine groups is 1. The fourth-order valence-corrected chi connectivity index (χ4v) is 4.68. The molecule has 0 radical (unpaired) electrons. The molecule has 9 nitrogen and oxygen atoms in total. The number of nitrogens with one attached hydrogen (secondary N) is 3. The fourth-order valence-electron chi connectivity index (χ4n) is 3.65. The molecule has 1 aliphatic heterocycles. The van der Waals surface area contributed by atoms with E-state index < -0.39 is 16.9 Å². The first-order valence-electron chi connectivity index (χ1n) is 11.6. The number of anilines is 1. The van der Waals surface area contributed by atoms with Crippen molar-refractivity contribution in [3.8, 4) is 0 Å². The standard InChI is InChI=1S/C27H27N5O4S/c1-27(18-33,31-26(35)36-16-19-7-3-2-4-8-19)17-30-21-12-10-20(11-13-21)23-24(34)32(25(28)37-23)15-22-9-5-6-14-29-22/h2-14,18,23,28,30H,15-17H2,1H3,(H,31,35)/t23?,27-/m1/s1. The van der Waals surface area contributed by atoms with Crippen molar-refractivity contribution in [2.24, 2.45) is 0 Å². The van der Waals surface area contributed by atoms with Crippen molar-refractivity contribution >= 4 is 40.9 Å². The van der Waals surface area contributed by atoms with Gasteiger partial charge < -0.3 is 20.2 Å². The highest BCUT2D eigenvalue weighted by atomic mass is 32.2. The largest absolute Gasteiger partial charge is 0.445 e. The maximum Gasteiger partial charge on any atom is 0.408 e. The maximum absolute atomic E-state index is 13.0. The molecular formula is C27H27N5O4S. The van der Waals surface area contributed by atoms with Crippen LogP contribution in [0.5, 0.6) is 0 Å². The molecule has 1 unspecified atom stereocenters. The quantitative estimate of drug-likeness (QED) is 0.345. The number of rotatable bonds is 10. The Bertz CT molecular complexity index is 1260. The Morgan fingerprint density at radius 1 is 1.14 bits per heavy atom. The lowest BCUT2D eigenvalue weighted by molar-refractivity contribution is -0.126. The monoisotopic (exact) mass is 517 g/mol. The van der Waals surface area contributed by atoms with Crippen LogP contribution in [0.15, 0.2) is 79.0 Å². The summed E-state index contributed by atoms with van der Waals surface area (Å²) < 4.78 is 5.22. The van der Waals surface area contributed by atoms with E-state index in [-0.39, 0.29) is 30.8 Å². The van der Waals surface area contributed by atoms with Crippen LogP contribution in [0, 0.1) is 5.41 Å². The molecule has 1 aromatic heterocycles. The summed E-state index contributed by atoms with van der Waals surface area (Å²) in [6.45, 7) is 2.09. The first kappa shape index (κ1) is 25.9. The number of benzene rings is 2. The highest BCUT2D eigenvalue weighted by Crippen LogP contribution is 2.39. The van der Waals surface area contributed by atoms with E-state index in [1.807, 2.05) is 54.6 Å². The summed E-state index contributed by atoms with van der Waals surface area (Å²) in [6.07, 6.45) is 1.63. The molecule has 0 bridgehead atoms. The van der Waals surface area contributed by atoms with Crippen molar-refractivity contribution in [1.29, 1.82) is 5.41 Å². The molecule has 0 aliphatic carbocycles. The second-order valence-corrected chi connectivity index (χ2v) is 9.84. The van der Waals surface area contributed by atoms with Gasteiger partial charge in [0.1, 0.15) is 23.7 Å². The van der Waals surface area contributed by atoms with Gasteiger partial charge in [-0.15, -0.1) is 0 Å². The van der Waals surface area contributed by atoms with Crippen LogP contribution in [0.2, 0.25) is 0 Å². The number of aromatic nitrogens is 1. The number of nitrogens with zero attached hydrogens (tertiary/aromatic N) is 2. The van der Waals surface area contributed by atoms with Gasteiger partial charge in [-0.3, -0.25) is 20.1 Å². The third kappa shape index (κ3) is 6.73. The molecule has 3 N–H and O–H groups in total. The van der Waals surface area contributed by atoms with Gasteiger partial charge >= 0.3 is 6.09 Å². The summed E-state index contributed by atoms with van der Waals surface area (Å²) in [7, 11) is 0. The molecule has 3 aromatic rings. The van der Waals surface area contributed by atoms with E-state index in [2.05, 4.69) is 15.6 Å². The minimum Gasteiger partial charge on any atom is -0.445 e. The average molecular weight is 518 g/mol. The van der Waals surface area contributed by atoms with E-state index in [1.165, 1.54) is 16.7 Å². The molecule has 2 aromatic carbocycles. The Labute approximate surface area is 219 Å². The number of hydrogen-bond acceptors (Lipinski definition) is 8. The molecule has 1 fully saturated rings. The lowest BCUT2D eigenvalue weighted by atomic mass is 10.0.